The van der Waals surface area contributed by atoms with Crippen molar-refractivity contribution in [1.29, 1.82) is 0 Å². The molecule has 4 aromatic rings. The summed E-state index contributed by atoms with van der Waals surface area (Å²) in [5.74, 6) is -0.370. The number of rotatable bonds is 2. The third-order valence-corrected chi connectivity index (χ3v) is 4.50. The van der Waals surface area contributed by atoms with Gasteiger partial charge in [0.1, 0.15) is 0 Å². The Labute approximate surface area is 153 Å². The van der Waals surface area contributed by atoms with Crippen LogP contribution in [0.1, 0.15) is 10.4 Å². The Morgan fingerprint density at radius 2 is 1.28 bits per heavy atom. The predicted octanol–water partition coefficient (Wildman–Crippen LogP) is 5.91. The van der Waals surface area contributed by atoms with Gasteiger partial charge in [-0.1, -0.05) is 65.7 Å². The van der Waals surface area contributed by atoms with E-state index in [1.54, 1.807) is 18.2 Å². The number of hydrogen-bond donors (Lipinski definition) is 0. The summed E-state index contributed by atoms with van der Waals surface area (Å²) >= 11 is 12.2. The molecule has 0 radical (unpaired) electrons. The topological polar surface area (TPSA) is 39.2 Å². The van der Waals surface area contributed by atoms with Crippen LogP contribution in [0, 0.1) is 0 Å². The van der Waals surface area contributed by atoms with Gasteiger partial charge in [0.05, 0.1) is 26.6 Å². The van der Waals surface area contributed by atoms with E-state index in [0.29, 0.717) is 5.56 Å². The molecule has 0 unspecified atom stereocenters. The molecule has 0 aliphatic heterocycles. The zero-order valence-electron chi connectivity index (χ0n) is 12.9. The molecule has 122 valence electrons. The highest BCUT2D eigenvalue weighted by molar-refractivity contribution is 6.37. The molecule has 0 fully saturated rings. The normalized spacial score (nSPS) is 11.0. The van der Waals surface area contributed by atoms with E-state index in [0.717, 1.165) is 21.8 Å². The third kappa shape index (κ3) is 2.82. The highest BCUT2D eigenvalue weighted by Crippen LogP contribution is 2.34. The van der Waals surface area contributed by atoms with Crippen LogP contribution in [0.25, 0.3) is 21.8 Å². The van der Waals surface area contributed by atoms with Crippen LogP contribution in [0.15, 0.2) is 66.7 Å². The number of aromatic nitrogens is 1. The second-order valence-electron chi connectivity index (χ2n) is 5.46. The average molecular weight is 368 g/mol. The lowest BCUT2D eigenvalue weighted by atomic mass is 10.0. The molecule has 3 aromatic carbocycles. The van der Waals surface area contributed by atoms with Gasteiger partial charge < -0.3 is 4.74 Å². The number of pyridine rings is 1. The molecule has 0 spiro atoms. The molecule has 4 rings (SSSR count). The van der Waals surface area contributed by atoms with E-state index in [4.69, 9.17) is 27.9 Å². The maximum Gasteiger partial charge on any atom is 0.345 e. The van der Waals surface area contributed by atoms with Crippen LogP contribution >= 0.6 is 23.2 Å². The lowest BCUT2D eigenvalue weighted by Crippen LogP contribution is -2.11. The fourth-order valence-electron chi connectivity index (χ4n) is 2.78. The smallest absolute Gasteiger partial charge is 0.345 e. The minimum absolute atomic E-state index is 0.154. The fourth-order valence-corrected chi connectivity index (χ4v) is 3.26. The minimum Gasteiger partial charge on any atom is -0.420 e. The zero-order valence-corrected chi connectivity index (χ0v) is 14.4. The molecule has 5 heteroatoms. The SMILES string of the molecule is O=C(Oc1c(Cl)cccc1Cl)c1c2ccccc2nc2ccccc12. The van der Waals surface area contributed by atoms with Crippen LogP contribution in [0.5, 0.6) is 5.75 Å². The molecular formula is C20H11Cl2NO2. The van der Waals surface area contributed by atoms with Crippen molar-refractivity contribution in [3.05, 3.63) is 82.3 Å². The van der Waals surface area contributed by atoms with E-state index < -0.39 is 5.97 Å². The summed E-state index contributed by atoms with van der Waals surface area (Å²) in [5.41, 5.74) is 1.88. The molecule has 0 aliphatic rings. The summed E-state index contributed by atoms with van der Waals surface area (Å²) in [7, 11) is 0. The predicted molar refractivity (Wildman–Crippen MR) is 101 cm³/mol. The van der Waals surface area contributed by atoms with Gasteiger partial charge in [-0.25, -0.2) is 9.78 Å². The summed E-state index contributed by atoms with van der Waals surface area (Å²) < 4.78 is 5.55. The largest absolute Gasteiger partial charge is 0.420 e. The highest BCUT2D eigenvalue weighted by atomic mass is 35.5. The number of carbonyl (C=O) groups is 1. The van der Waals surface area contributed by atoms with Crippen molar-refractivity contribution in [2.45, 2.75) is 0 Å². The molecule has 0 atom stereocenters. The maximum absolute atomic E-state index is 13.0. The summed E-state index contributed by atoms with van der Waals surface area (Å²) in [6.07, 6.45) is 0. The van der Waals surface area contributed by atoms with Crippen molar-refractivity contribution in [3.8, 4) is 5.75 Å². The van der Waals surface area contributed by atoms with E-state index in [1.807, 2.05) is 48.5 Å². The first-order valence-corrected chi connectivity index (χ1v) is 8.34. The van der Waals surface area contributed by atoms with Gasteiger partial charge in [-0.15, -0.1) is 0 Å². The molecule has 0 bridgehead atoms. The van der Waals surface area contributed by atoms with Gasteiger partial charge in [-0.3, -0.25) is 0 Å². The first-order valence-electron chi connectivity index (χ1n) is 7.59. The van der Waals surface area contributed by atoms with Crippen LogP contribution in [0.3, 0.4) is 0 Å². The Morgan fingerprint density at radius 3 is 1.84 bits per heavy atom. The Hall–Kier alpha value is -2.62. The van der Waals surface area contributed by atoms with Gasteiger partial charge in [0.15, 0.2) is 5.75 Å². The van der Waals surface area contributed by atoms with Crippen molar-refractivity contribution in [2.24, 2.45) is 0 Å². The second kappa shape index (κ2) is 6.36. The number of halogens is 2. The van der Waals surface area contributed by atoms with Crippen LogP contribution in [-0.4, -0.2) is 11.0 Å². The fraction of sp³-hybridized carbons (Fsp3) is 0. The van der Waals surface area contributed by atoms with Crippen molar-refractivity contribution in [3.63, 3.8) is 0 Å². The Morgan fingerprint density at radius 1 is 0.760 bits per heavy atom. The standard InChI is InChI=1S/C20H11Cl2NO2/c21-14-8-5-9-15(22)19(14)25-20(24)18-12-6-1-3-10-16(12)23-17-11-4-2-7-13(17)18/h1-11H. The molecule has 25 heavy (non-hydrogen) atoms. The van der Waals surface area contributed by atoms with Gasteiger partial charge in [0, 0.05) is 10.8 Å². The average Bonchev–Trinajstić information content (AvgIpc) is 2.62. The number of benzene rings is 3. The summed E-state index contributed by atoms with van der Waals surface area (Å²) in [5, 5.41) is 2.00. The highest BCUT2D eigenvalue weighted by Gasteiger charge is 2.20. The van der Waals surface area contributed by atoms with Crippen molar-refractivity contribution in [2.75, 3.05) is 0 Å². The zero-order chi connectivity index (χ0) is 17.4. The van der Waals surface area contributed by atoms with Crippen molar-refractivity contribution < 1.29 is 9.53 Å². The van der Waals surface area contributed by atoms with E-state index in [-0.39, 0.29) is 15.8 Å². The Bertz CT molecular complexity index is 1050. The van der Waals surface area contributed by atoms with Crippen LogP contribution < -0.4 is 4.74 Å². The quantitative estimate of drug-likeness (QED) is 0.251. The maximum atomic E-state index is 13.0. The third-order valence-electron chi connectivity index (χ3n) is 3.91. The number of nitrogens with zero attached hydrogens (tertiary/aromatic N) is 1. The van der Waals surface area contributed by atoms with Gasteiger partial charge in [-0.2, -0.15) is 0 Å². The van der Waals surface area contributed by atoms with E-state index in [2.05, 4.69) is 4.98 Å². The number of carbonyl (C=O) groups excluding carboxylic acids is 1. The summed E-state index contributed by atoms with van der Waals surface area (Å²) in [6.45, 7) is 0. The van der Waals surface area contributed by atoms with E-state index in [9.17, 15) is 4.79 Å². The lowest BCUT2D eigenvalue weighted by Gasteiger charge is -2.12. The first-order chi connectivity index (χ1) is 12.1. The molecular weight excluding hydrogens is 357 g/mol. The first kappa shape index (κ1) is 15.9. The van der Waals surface area contributed by atoms with E-state index >= 15 is 0 Å². The number of esters is 1. The monoisotopic (exact) mass is 367 g/mol. The van der Waals surface area contributed by atoms with E-state index in [1.165, 1.54) is 0 Å². The van der Waals surface area contributed by atoms with Crippen molar-refractivity contribution >= 4 is 51.0 Å². The molecule has 0 aliphatic carbocycles. The molecule has 0 N–H and O–H groups in total. The Balaban J connectivity index is 1.93. The van der Waals surface area contributed by atoms with Gasteiger partial charge >= 0.3 is 5.97 Å². The molecule has 3 nitrogen and oxygen atoms in total. The number of ether oxygens (including phenoxy) is 1. The molecule has 0 saturated carbocycles. The molecule has 1 aromatic heterocycles. The number of hydrogen-bond acceptors (Lipinski definition) is 3. The van der Waals surface area contributed by atoms with Crippen molar-refractivity contribution in [1.82, 2.24) is 4.98 Å². The molecule has 0 amide bonds. The van der Waals surface area contributed by atoms with Crippen LogP contribution in [-0.2, 0) is 0 Å². The minimum atomic E-state index is -0.523. The second-order valence-corrected chi connectivity index (χ2v) is 6.28. The van der Waals surface area contributed by atoms with Gasteiger partial charge in [-0.05, 0) is 24.3 Å². The van der Waals surface area contributed by atoms with Gasteiger partial charge in [0.25, 0.3) is 0 Å². The molecule has 1 heterocycles. The van der Waals surface area contributed by atoms with Crippen LogP contribution in [0.4, 0.5) is 0 Å². The molecule has 0 saturated heterocycles. The Kier molecular flexibility index (Phi) is 4.04. The summed E-state index contributed by atoms with van der Waals surface area (Å²) in [4.78, 5) is 17.6. The lowest BCUT2D eigenvalue weighted by molar-refractivity contribution is 0.0739. The van der Waals surface area contributed by atoms with Crippen LogP contribution in [0.2, 0.25) is 10.0 Å². The number of para-hydroxylation sites is 3. The summed E-state index contributed by atoms with van der Waals surface area (Å²) in [6, 6.07) is 19.8. The number of fused-ring (bicyclic) bond motifs is 2. The van der Waals surface area contributed by atoms with Gasteiger partial charge in [0.2, 0.25) is 0 Å².